The highest BCUT2D eigenvalue weighted by molar-refractivity contribution is 9.10. The third kappa shape index (κ3) is 6.81. The van der Waals surface area contributed by atoms with E-state index >= 15 is 0 Å². The Morgan fingerprint density at radius 2 is 1.47 bits per heavy atom. The SMILES string of the molecule is O=C(CN(Cc1ccc(Br)cc1)S(=O)(=O)c1ccccc1)Nc1ccc(CC(=O)N2CCCC2)cc1. The molecular weight excluding hydrogens is 542 g/mol. The predicted molar refractivity (Wildman–Crippen MR) is 143 cm³/mol. The van der Waals surface area contributed by atoms with Crippen molar-refractivity contribution in [3.8, 4) is 0 Å². The molecule has 1 saturated heterocycles. The van der Waals surface area contributed by atoms with E-state index in [1.807, 2.05) is 41.3 Å². The molecule has 0 aromatic heterocycles. The van der Waals surface area contributed by atoms with Crippen molar-refractivity contribution in [3.63, 3.8) is 0 Å². The standard InChI is InChI=1S/C27H28BrN3O4S/c28-23-12-8-22(9-13-23)19-31(36(34,35)25-6-2-1-3-7-25)20-26(32)29-24-14-10-21(11-15-24)18-27(33)30-16-4-5-17-30/h1-3,6-15H,4-5,16-20H2,(H,29,32). The van der Waals surface area contributed by atoms with Gasteiger partial charge in [0.1, 0.15) is 0 Å². The number of benzene rings is 3. The van der Waals surface area contributed by atoms with Crippen LogP contribution in [0.25, 0.3) is 0 Å². The lowest BCUT2D eigenvalue weighted by Crippen LogP contribution is -2.37. The zero-order valence-corrected chi connectivity index (χ0v) is 22.2. The molecule has 0 atom stereocenters. The average Bonchev–Trinajstić information content (AvgIpc) is 3.42. The number of nitrogens with zero attached hydrogens (tertiary/aromatic N) is 2. The summed E-state index contributed by atoms with van der Waals surface area (Å²) < 4.78 is 28.7. The van der Waals surface area contributed by atoms with Crippen molar-refractivity contribution < 1.29 is 18.0 Å². The van der Waals surface area contributed by atoms with Crippen molar-refractivity contribution in [2.24, 2.45) is 0 Å². The summed E-state index contributed by atoms with van der Waals surface area (Å²) in [7, 11) is -3.91. The lowest BCUT2D eigenvalue weighted by Gasteiger charge is -2.22. The summed E-state index contributed by atoms with van der Waals surface area (Å²) >= 11 is 3.38. The van der Waals surface area contributed by atoms with Gasteiger partial charge in [-0.05, 0) is 60.4 Å². The van der Waals surface area contributed by atoms with Gasteiger partial charge in [0.15, 0.2) is 0 Å². The Bertz CT molecular complexity index is 1290. The lowest BCUT2D eigenvalue weighted by atomic mass is 10.1. The second-order valence-electron chi connectivity index (χ2n) is 8.72. The molecule has 0 saturated carbocycles. The van der Waals surface area contributed by atoms with E-state index in [9.17, 15) is 18.0 Å². The summed E-state index contributed by atoms with van der Waals surface area (Å²) in [6.07, 6.45) is 2.43. The number of carbonyl (C=O) groups is 2. The quantitative estimate of drug-likeness (QED) is 0.412. The summed E-state index contributed by atoms with van der Waals surface area (Å²) in [4.78, 5) is 27.3. The van der Waals surface area contributed by atoms with Crippen LogP contribution in [-0.4, -0.2) is 49.1 Å². The molecule has 0 aliphatic carbocycles. The van der Waals surface area contributed by atoms with Gasteiger partial charge in [-0.15, -0.1) is 0 Å². The predicted octanol–water partition coefficient (Wildman–Crippen LogP) is 4.44. The molecule has 1 heterocycles. The molecule has 3 aromatic rings. The first-order valence-electron chi connectivity index (χ1n) is 11.8. The molecule has 9 heteroatoms. The molecular formula is C27H28BrN3O4S. The van der Waals surface area contributed by atoms with Gasteiger partial charge in [0.2, 0.25) is 21.8 Å². The highest BCUT2D eigenvalue weighted by Gasteiger charge is 2.27. The Kier molecular flexibility index (Phi) is 8.56. The van der Waals surface area contributed by atoms with Gasteiger partial charge in [-0.1, -0.05) is 58.4 Å². The molecule has 3 aromatic carbocycles. The van der Waals surface area contributed by atoms with Crippen LogP contribution in [0.1, 0.15) is 24.0 Å². The summed E-state index contributed by atoms with van der Waals surface area (Å²) in [6, 6.07) is 22.5. The Labute approximate surface area is 220 Å². The maximum Gasteiger partial charge on any atom is 0.243 e. The van der Waals surface area contributed by atoms with E-state index in [0.29, 0.717) is 12.1 Å². The molecule has 0 spiro atoms. The van der Waals surface area contributed by atoms with E-state index in [1.165, 1.54) is 16.4 Å². The van der Waals surface area contributed by atoms with Crippen LogP contribution < -0.4 is 5.32 Å². The van der Waals surface area contributed by atoms with Crippen LogP contribution in [0.2, 0.25) is 0 Å². The third-order valence-corrected chi connectivity index (χ3v) is 8.36. The second kappa shape index (κ2) is 11.8. The van der Waals surface area contributed by atoms with Crippen LogP contribution in [0.4, 0.5) is 5.69 Å². The maximum absolute atomic E-state index is 13.3. The van der Waals surface area contributed by atoms with Crippen molar-refractivity contribution >= 4 is 43.5 Å². The van der Waals surface area contributed by atoms with E-state index in [-0.39, 0.29) is 23.9 Å². The third-order valence-electron chi connectivity index (χ3n) is 6.02. The molecule has 1 fully saturated rings. The Morgan fingerprint density at radius 3 is 2.11 bits per heavy atom. The lowest BCUT2D eigenvalue weighted by molar-refractivity contribution is -0.129. The number of sulfonamides is 1. The van der Waals surface area contributed by atoms with Crippen molar-refractivity contribution in [2.45, 2.75) is 30.7 Å². The number of anilines is 1. The van der Waals surface area contributed by atoms with Gasteiger partial charge in [0, 0.05) is 29.8 Å². The molecule has 36 heavy (non-hydrogen) atoms. The smallest absolute Gasteiger partial charge is 0.243 e. The fourth-order valence-corrected chi connectivity index (χ4v) is 5.75. The first kappa shape index (κ1) is 26.1. The number of halogens is 1. The van der Waals surface area contributed by atoms with Crippen LogP contribution >= 0.6 is 15.9 Å². The van der Waals surface area contributed by atoms with E-state index < -0.39 is 15.9 Å². The minimum atomic E-state index is -3.91. The van der Waals surface area contributed by atoms with Crippen molar-refractivity contribution in [1.29, 1.82) is 0 Å². The van der Waals surface area contributed by atoms with Gasteiger partial charge >= 0.3 is 0 Å². The number of hydrogen-bond acceptors (Lipinski definition) is 4. The summed E-state index contributed by atoms with van der Waals surface area (Å²) in [5.41, 5.74) is 2.17. The summed E-state index contributed by atoms with van der Waals surface area (Å²) in [5.74, 6) is -0.341. The fourth-order valence-electron chi connectivity index (χ4n) is 4.08. The molecule has 0 radical (unpaired) electrons. The van der Waals surface area contributed by atoms with E-state index in [0.717, 1.165) is 41.5 Å². The molecule has 7 nitrogen and oxygen atoms in total. The van der Waals surface area contributed by atoms with Crippen molar-refractivity contribution in [1.82, 2.24) is 9.21 Å². The largest absolute Gasteiger partial charge is 0.342 e. The molecule has 2 amide bonds. The molecule has 1 aliphatic rings. The van der Waals surface area contributed by atoms with Gasteiger partial charge in [0.25, 0.3) is 0 Å². The van der Waals surface area contributed by atoms with Crippen molar-refractivity contribution in [2.75, 3.05) is 25.0 Å². The zero-order chi connectivity index (χ0) is 25.5. The first-order valence-corrected chi connectivity index (χ1v) is 14.0. The van der Waals surface area contributed by atoms with Crippen LogP contribution in [0.15, 0.2) is 88.2 Å². The maximum atomic E-state index is 13.3. The van der Waals surface area contributed by atoms with E-state index in [1.54, 1.807) is 30.3 Å². The number of hydrogen-bond donors (Lipinski definition) is 1. The monoisotopic (exact) mass is 569 g/mol. The minimum absolute atomic E-state index is 0.0511. The normalized spacial score (nSPS) is 13.7. The second-order valence-corrected chi connectivity index (χ2v) is 11.6. The average molecular weight is 571 g/mol. The highest BCUT2D eigenvalue weighted by Crippen LogP contribution is 2.20. The Balaban J connectivity index is 1.44. The molecule has 4 rings (SSSR count). The van der Waals surface area contributed by atoms with Gasteiger partial charge in [-0.25, -0.2) is 8.42 Å². The van der Waals surface area contributed by atoms with Crippen LogP contribution in [0.5, 0.6) is 0 Å². The Hall–Kier alpha value is -3.01. The summed E-state index contributed by atoms with van der Waals surface area (Å²) in [5, 5.41) is 2.78. The first-order chi connectivity index (χ1) is 17.3. The van der Waals surface area contributed by atoms with Gasteiger partial charge in [-0.3, -0.25) is 9.59 Å². The molecule has 1 aliphatic heterocycles. The summed E-state index contributed by atoms with van der Waals surface area (Å²) in [6.45, 7) is 1.34. The van der Waals surface area contributed by atoms with Crippen molar-refractivity contribution in [3.05, 3.63) is 94.5 Å². The van der Waals surface area contributed by atoms with E-state index in [4.69, 9.17) is 0 Å². The van der Waals surface area contributed by atoms with E-state index in [2.05, 4.69) is 21.2 Å². The van der Waals surface area contributed by atoms with Crippen LogP contribution in [0, 0.1) is 0 Å². The highest BCUT2D eigenvalue weighted by atomic mass is 79.9. The van der Waals surface area contributed by atoms with Gasteiger partial charge in [-0.2, -0.15) is 4.31 Å². The molecule has 0 unspecified atom stereocenters. The molecule has 1 N–H and O–H groups in total. The van der Waals surface area contributed by atoms with Gasteiger partial charge < -0.3 is 10.2 Å². The fraction of sp³-hybridized carbons (Fsp3) is 0.259. The van der Waals surface area contributed by atoms with Crippen LogP contribution in [-0.2, 0) is 32.6 Å². The zero-order valence-electron chi connectivity index (χ0n) is 19.8. The molecule has 0 bridgehead atoms. The van der Waals surface area contributed by atoms with Crippen LogP contribution in [0.3, 0.4) is 0 Å². The Morgan fingerprint density at radius 1 is 0.861 bits per heavy atom. The number of nitrogens with one attached hydrogen (secondary N) is 1. The van der Waals surface area contributed by atoms with Gasteiger partial charge in [0.05, 0.1) is 17.9 Å². The number of carbonyl (C=O) groups excluding carboxylic acids is 2. The number of amides is 2. The minimum Gasteiger partial charge on any atom is -0.342 e. The number of rotatable bonds is 9. The molecule has 188 valence electrons. The topological polar surface area (TPSA) is 86.8 Å². The number of likely N-dealkylation sites (tertiary alicyclic amines) is 1.